The van der Waals surface area contributed by atoms with Gasteiger partial charge >= 0.3 is 6.18 Å². The molecule has 1 N–H and O–H groups in total. The first-order valence-electron chi connectivity index (χ1n) is 15.8. The van der Waals surface area contributed by atoms with Gasteiger partial charge in [-0.25, -0.2) is 4.98 Å². The van der Waals surface area contributed by atoms with E-state index in [1.54, 1.807) is 47.0 Å². The molecule has 47 heavy (non-hydrogen) atoms. The Labute approximate surface area is 269 Å². The molecular formula is C33H33F3N10O. The number of alkyl halides is 3. The molecule has 1 saturated heterocycles. The number of nitrogens with zero attached hydrogens (tertiary/aromatic N) is 9. The molecule has 3 fully saturated rings. The summed E-state index contributed by atoms with van der Waals surface area (Å²) in [6.45, 7) is 1.82. The van der Waals surface area contributed by atoms with E-state index >= 15 is 0 Å². The number of pyridine rings is 1. The number of fused-ring (bicyclic) bond motifs is 1. The molecule has 1 spiro atoms. The third kappa shape index (κ3) is 5.04. The predicted molar refractivity (Wildman–Crippen MR) is 166 cm³/mol. The van der Waals surface area contributed by atoms with Crippen LogP contribution in [0.25, 0.3) is 22.6 Å². The lowest BCUT2D eigenvalue weighted by molar-refractivity contribution is -0.138. The van der Waals surface area contributed by atoms with Crippen molar-refractivity contribution in [2.75, 3.05) is 23.3 Å². The number of likely N-dealkylation sites (tertiary alicyclic amines) is 1. The first-order chi connectivity index (χ1) is 22.5. The number of carbonyl (C=O) groups is 1. The maximum atomic E-state index is 14.5. The van der Waals surface area contributed by atoms with E-state index < -0.39 is 23.2 Å². The highest BCUT2D eigenvalue weighted by Gasteiger charge is 2.48. The summed E-state index contributed by atoms with van der Waals surface area (Å²) in [6, 6.07) is 8.64. The second-order valence-electron chi connectivity index (χ2n) is 13.6. The molecule has 2 saturated carbocycles. The van der Waals surface area contributed by atoms with Crippen molar-refractivity contribution >= 4 is 17.5 Å². The van der Waals surface area contributed by atoms with E-state index in [1.165, 1.54) is 23.8 Å². The molecule has 242 valence electrons. The van der Waals surface area contributed by atoms with Crippen molar-refractivity contribution < 1.29 is 18.0 Å². The van der Waals surface area contributed by atoms with Gasteiger partial charge in [-0.1, -0.05) is 0 Å². The molecular weight excluding hydrogens is 609 g/mol. The fourth-order valence-corrected chi connectivity index (χ4v) is 7.37. The van der Waals surface area contributed by atoms with Crippen molar-refractivity contribution in [1.29, 1.82) is 5.26 Å². The first kappa shape index (κ1) is 29.6. The number of nitrogens with one attached hydrogen (secondary N) is 1. The molecule has 3 aromatic heterocycles. The molecule has 0 bridgehead atoms. The normalized spacial score (nSPS) is 19.6. The molecule has 1 amide bonds. The molecule has 0 unspecified atom stereocenters. The Balaban J connectivity index is 1.20. The number of benzene rings is 1. The number of aromatic nitrogens is 6. The van der Waals surface area contributed by atoms with Gasteiger partial charge in [0.05, 0.1) is 35.6 Å². The molecule has 11 nitrogen and oxygen atoms in total. The van der Waals surface area contributed by atoms with Crippen LogP contribution in [-0.2, 0) is 33.4 Å². The maximum Gasteiger partial charge on any atom is 0.416 e. The van der Waals surface area contributed by atoms with Gasteiger partial charge in [0.2, 0.25) is 0 Å². The zero-order chi connectivity index (χ0) is 32.7. The van der Waals surface area contributed by atoms with Crippen LogP contribution >= 0.6 is 0 Å². The van der Waals surface area contributed by atoms with Crippen LogP contribution < -0.4 is 10.2 Å². The number of amides is 1. The SMILES string of the molecule is Cn1cnnc1-c1cnn(C)c1-c1cc(NC2(C#N)CCC2)nc(N2Cc3c(cc(CN4CCC5(CC5)C4)cc3C(F)(F)F)C2=O)c1. The van der Waals surface area contributed by atoms with Gasteiger partial charge in [-0.15, -0.1) is 10.2 Å². The van der Waals surface area contributed by atoms with Crippen LogP contribution in [0.15, 0.2) is 36.8 Å². The highest BCUT2D eigenvalue weighted by atomic mass is 19.4. The summed E-state index contributed by atoms with van der Waals surface area (Å²) in [5.41, 5.74) is 1.13. The van der Waals surface area contributed by atoms with Crippen molar-refractivity contribution in [2.24, 2.45) is 19.5 Å². The lowest BCUT2D eigenvalue weighted by Gasteiger charge is -2.36. The van der Waals surface area contributed by atoms with Gasteiger partial charge in [0.1, 0.15) is 23.5 Å². The number of anilines is 2. The van der Waals surface area contributed by atoms with Gasteiger partial charge in [-0.3, -0.25) is 19.3 Å². The van der Waals surface area contributed by atoms with Crippen molar-refractivity contribution in [3.8, 4) is 28.7 Å². The van der Waals surface area contributed by atoms with Crippen molar-refractivity contribution in [3.63, 3.8) is 0 Å². The zero-order valence-electron chi connectivity index (χ0n) is 26.1. The standard InChI is InChI=1S/C33H33F3N10O/c1-43-19-38-42-29(43)23-14-39-44(2)28(23)21-12-26(41-32(17-37)4-3-5-32)40-27(13-21)46-16-24-22(30(46)47)10-20(11-25(24)33(34,35)36)15-45-9-8-31(18-45)6-7-31/h10-14,19H,3-9,15-16,18H2,1-2H3,(H,40,41). The van der Waals surface area contributed by atoms with E-state index in [1.807, 2.05) is 7.05 Å². The highest BCUT2D eigenvalue weighted by Crippen LogP contribution is 2.53. The van der Waals surface area contributed by atoms with Crippen molar-refractivity contribution in [1.82, 2.24) is 34.4 Å². The van der Waals surface area contributed by atoms with Crippen LogP contribution in [0.5, 0.6) is 0 Å². The lowest BCUT2D eigenvalue weighted by atomic mass is 9.78. The summed E-state index contributed by atoms with van der Waals surface area (Å²) in [4.78, 5) is 22.3. The lowest BCUT2D eigenvalue weighted by Crippen LogP contribution is -2.43. The largest absolute Gasteiger partial charge is 0.416 e. The maximum absolute atomic E-state index is 14.5. The Kier molecular flexibility index (Phi) is 6.53. The minimum Gasteiger partial charge on any atom is -0.352 e. The number of rotatable bonds is 7. The van der Waals surface area contributed by atoms with Gasteiger partial charge < -0.3 is 9.88 Å². The predicted octanol–water partition coefficient (Wildman–Crippen LogP) is 5.30. The van der Waals surface area contributed by atoms with Crippen LogP contribution in [0, 0.1) is 16.7 Å². The minimum absolute atomic E-state index is 0.0460. The van der Waals surface area contributed by atoms with Gasteiger partial charge in [-0.2, -0.15) is 23.5 Å². The van der Waals surface area contributed by atoms with E-state index in [-0.39, 0.29) is 23.5 Å². The molecule has 2 aliphatic heterocycles. The second-order valence-corrected chi connectivity index (χ2v) is 13.6. The van der Waals surface area contributed by atoms with Gasteiger partial charge in [0.15, 0.2) is 5.82 Å². The third-order valence-corrected chi connectivity index (χ3v) is 10.3. The monoisotopic (exact) mass is 642 g/mol. The van der Waals surface area contributed by atoms with Gasteiger partial charge in [-0.05, 0) is 85.9 Å². The Morgan fingerprint density at radius 1 is 1.06 bits per heavy atom. The van der Waals surface area contributed by atoms with E-state index in [4.69, 9.17) is 4.98 Å². The average molecular weight is 643 g/mol. The zero-order valence-corrected chi connectivity index (χ0v) is 26.1. The van der Waals surface area contributed by atoms with Crippen molar-refractivity contribution in [3.05, 3.63) is 59.0 Å². The number of halogens is 3. The molecule has 2 aliphatic carbocycles. The molecule has 0 radical (unpaired) electrons. The summed E-state index contributed by atoms with van der Waals surface area (Å²) in [5.74, 6) is 0.535. The smallest absolute Gasteiger partial charge is 0.352 e. The van der Waals surface area contributed by atoms with Gasteiger partial charge in [0, 0.05) is 38.3 Å². The van der Waals surface area contributed by atoms with E-state index in [9.17, 15) is 23.2 Å². The number of aryl methyl sites for hydroxylation is 2. The fourth-order valence-electron chi connectivity index (χ4n) is 7.37. The summed E-state index contributed by atoms with van der Waals surface area (Å²) in [7, 11) is 3.58. The second kappa shape index (κ2) is 10.4. The average Bonchev–Trinajstić information content (AvgIpc) is 3.31. The minimum atomic E-state index is -4.63. The van der Waals surface area contributed by atoms with Crippen molar-refractivity contribution in [2.45, 2.75) is 63.3 Å². The summed E-state index contributed by atoms with van der Waals surface area (Å²) >= 11 is 0. The summed E-state index contributed by atoms with van der Waals surface area (Å²) in [6.07, 6.45) is 4.15. The molecule has 1 aromatic carbocycles. The molecule has 14 heteroatoms. The highest BCUT2D eigenvalue weighted by molar-refractivity contribution is 6.10. The van der Waals surface area contributed by atoms with Crippen LogP contribution in [0.3, 0.4) is 0 Å². The van der Waals surface area contributed by atoms with Crippen LogP contribution in [0.1, 0.15) is 65.6 Å². The molecule has 4 aliphatic rings. The van der Waals surface area contributed by atoms with Crippen LogP contribution in [0.4, 0.5) is 24.8 Å². The summed E-state index contributed by atoms with van der Waals surface area (Å²) < 4.78 is 47.0. The Hall–Kier alpha value is -4.77. The molecule has 8 rings (SSSR count). The Morgan fingerprint density at radius 2 is 1.87 bits per heavy atom. The van der Waals surface area contributed by atoms with E-state index in [2.05, 4.69) is 31.6 Å². The molecule has 4 aromatic rings. The molecule has 5 heterocycles. The Morgan fingerprint density at radius 3 is 2.51 bits per heavy atom. The summed E-state index contributed by atoms with van der Waals surface area (Å²) in [5, 5.41) is 25.9. The number of nitriles is 1. The van der Waals surface area contributed by atoms with Crippen LogP contribution in [-0.4, -0.2) is 59.0 Å². The fraction of sp³-hybridized carbons (Fsp3) is 0.455. The number of hydrogen-bond acceptors (Lipinski definition) is 8. The Bertz CT molecular complexity index is 1960. The van der Waals surface area contributed by atoms with Gasteiger partial charge in [0.25, 0.3) is 5.91 Å². The van der Waals surface area contributed by atoms with E-state index in [0.29, 0.717) is 58.8 Å². The molecule has 0 atom stereocenters. The number of hydrogen-bond donors (Lipinski definition) is 1. The van der Waals surface area contributed by atoms with E-state index in [0.717, 1.165) is 25.9 Å². The quantitative estimate of drug-likeness (QED) is 0.288. The number of carbonyl (C=O) groups excluding carboxylic acids is 1. The third-order valence-electron chi connectivity index (χ3n) is 10.3. The topological polar surface area (TPSA) is 121 Å². The van der Waals surface area contributed by atoms with Crippen LogP contribution in [0.2, 0.25) is 0 Å². The first-order valence-corrected chi connectivity index (χ1v) is 15.8.